The highest BCUT2D eigenvalue weighted by molar-refractivity contribution is 9.10. The predicted molar refractivity (Wildman–Crippen MR) is 54.5 cm³/mol. The number of rotatable bonds is 3. The molecule has 0 saturated heterocycles. The second-order valence-electron chi connectivity index (χ2n) is 3.25. The SMILES string of the molecule is OCC(Cc1ccc(Br)cc1)C(F)(F)F. The van der Waals surface area contributed by atoms with E-state index in [2.05, 4.69) is 15.9 Å². The van der Waals surface area contributed by atoms with Gasteiger partial charge in [0.2, 0.25) is 0 Å². The molecule has 0 spiro atoms. The lowest BCUT2D eigenvalue weighted by atomic mass is 10.00. The van der Waals surface area contributed by atoms with Crippen molar-refractivity contribution < 1.29 is 18.3 Å². The molecule has 0 saturated carbocycles. The number of alkyl halides is 3. The molecule has 0 aromatic heterocycles. The van der Waals surface area contributed by atoms with Crippen molar-refractivity contribution in [3.8, 4) is 0 Å². The Morgan fingerprint density at radius 3 is 2.13 bits per heavy atom. The van der Waals surface area contributed by atoms with Gasteiger partial charge in [0.05, 0.1) is 12.5 Å². The topological polar surface area (TPSA) is 20.2 Å². The highest BCUT2D eigenvalue weighted by Gasteiger charge is 2.38. The molecular weight excluding hydrogens is 273 g/mol. The van der Waals surface area contributed by atoms with Crippen molar-refractivity contribution in [2.24, 2.45) is 5.92 Å². The Labute approximate surface area is 94.0 Å². The summed E-state index contributed by atoms with van der Waals surface area (Å²) in [5, 5.41) is 8.65. The molecule has 15 heavy (non-hydrogen) atoms. The Balaban J connectivity index is 2.71. The monoisotopic (exact) mass is 282 g/mol. The molecule has 0 amide bonds. The first-order valence-electron chi connectivity index (χ1n) is 4.35. The van der Waals surface area contributed by atoms with Crippen LogP contribution in [0.25, 0.3) is 0 Å². The van der Waals surface area contributed by atoms with Crippen molar-refractivity contribution in [1.82, 2.24) is 0 Å². The summed E-state index contributed by atoms with van der Waals surface area (Å²) in [4.78, 5) is 0. The molecule has 0 aliphatic carbocycles. The van der Waals surface area contributed by atoms with Crippen molar-refractivity contribution in [1.29, 1.82) is 0 Å². The van der Waals surface area contributed by atoms with E-state index in [0.29, 0.717) is 5.56 Å². The molecule has 0 heterocycles. The van der Waals surface area contributed by atoms with Gasteiger partial charge in [0, 0.05) is 4.47 Å². The number of aliphatic hydroxyl groups excluding tert-OH is 1. The molecular formula is C10H10BrF3O. The third-order valence-corrected chi connectivity index (χ3v) is 2.61. The zero-order valence-electron chi connectivity index (χ0n) is 7.76. The number of hydrogen-bond donors (Lipinski definition) is 1. The van der Waals surface area contributed by atoms with E-state index in [4.69, 9.17) is 5.11 Å². The quantitative estimate of drug-likeness (QED) is 0.903. The van der Waals surface area contributed by atoms with Crippen LogP contribution in [0.15, 0.2) is 28.7 Å². The minimum atomic E-state index is -4.35. The van der Waals surface area contributed by atoms with E-state index in [1.807, 2.05) is 0 Å². The molecule has 5 heteroatoms. The van der Waals surface area contributed by atoms with Crippen LogP contribution in [0.1, 0.15) is 5.56 Å². The fourth-order valence-electron chi connectivity index (χ4n) is 1.19. The van der Waals surface area contributed by atoms with Gasteiger partial charge in [-0.2, -0.15) is 13.2 Å². The lowest BCUT2D eigenvalue weighted by molar-refractivity contribution is -0.183. The summed E-state index contributed by atoms with van der Waals surface area (Å²) < 4.78 is 37.8. The van der Waals surface area contributed by atoms with Crippen molar-refractivity contribution >= 4 is 15.9 Å². The highest BCUT2D eigenvalue weighted by atomic mass is 79.9. The fraction of sp³-hybridized carbons (Fsp3) is 0.400. The zero-order valence-corrected chi connectivity index (χ0v) is 9.35. The number of hydrogen-bond acceptors (Lipinski definition) is 1. The van der Waals surface area contributed by atoms with Crippen LogP contribution in [-0.2, 0) is 6.42 Å². The zero-order chi connectivity index (χ0) is 11.5. The van der Waals surface area contributed by atoms with Gasteiger partial charge in [-0.15, -0.1) is 0 Å². The Morgan fingerprint density at radius 2 is 1.73 bits per heavy atom. The van der Waals surface area contributed by atoms with E-state index in [1.54, 1.807) is 24.3 Å². The summed E-state index contributed by atoms with van der Waals surface area (Å²) in [5.41, 5.74) is 0.564. The molecule has 1 aromatic carbocycles. The number of halogens is 4. The molecule has 1 rings (SSSR count). The number of benzene rings is 1. The molecule has 0 aliphatic rings. The normalized spacial score (nSPS) is 13.9. The molecule has 1 aromatic rings. The van der Waals surface area contributed by atoms with Gasteiger partial charge in [-0.3, -0.25) is 0 Å². The standard InChI is InChI=1S/C10H10BrF3O/c11-9-3-1-7(2-4-9)5-8(6-15)10(12,13)14/h1-4,8,15H,5-6H2. The Hall–Kier alpha value is -0.550. The van der Waals surface area contributed by atoms with Crippen molar-refractivity contribution in [3.63, 3.8) is 0 Å². The molecule has 0 fully saturated rings. The maximum atomic E-state index is 12.3. The third kappa shape index (κ3) is 3.83. The molecule has 1 unspecified atom stereocenters. The Kier molecular flexibility index (Phi) is 4.16. The molecule has 1 N–H and O–H groups in total. The average molecular weight is 283 g/mol. The van der Waals surface area contributed by atoms with Crippen LogP contribution >= 0.6 is 15.9 Å². The van der Waals surface area contributed by atoms with Crippen LogP contribution in [0.3, 0.4) is 0 Å². The number of aliphatic hydroxyl groups is 1. The van der Waals surface area contributed by atoms with Gasteiger partial charge >= 0.3 is 6.18 Å². The summed E-state index contributed by atoms with van der Waals surface area (Å²) in [6.07, 6.45) is -4.53. The summed E-state index contributed by atoms with van der Waals surface area (Å²) in [6, 6.07) is 6.58. The Bertz CT molecular complexity index is 307. The van der Waals surface area contributed by atoms with Crippen LogP contribution in [0.2, 0.25) is 0 Å². The van der Waals surface area contributed by atoms with E-state index in [-0.39, 0.29) is 6.42 Å². The first-order valence-corrected chi connectivity index (χ1v) is 5.15. The maximum absolute atomic E-state index is 12.3. The Morgan fingerprint density at radius 1 is 1.20 bits per heavy atom. The summed E-state index contributed by atoms with van der Waals surface area (Å²) >= 11 is 3.20. The van der Waals surface area contributed by atoms with Crippen LogP contribution in [-0.4, -0.2) is 17.9 Å². The van der Waals surface area contributed by atoms with Crippen molar-refractivity contribution in [2.45, 2.75) is 12.6 Å². The van der Waals surface area contributed by atoms with Crippen LogP contribution in [0, 0.1) is 5.92 Å². The first-order chi connectivity index (χ1) is 6.93. The third-order valence-electron chi connectivity index (χ3n) is 2.08. The lowest BCUT2D eigenvalue weighted by Crippen LogP contribution is -2.28. The first kappa shape index (κ1) is 12.5. The highest BCUT2D eigenvalue weighted by Crippen LogP contribution is 2.29. The minimum absolute atomic E-state index is 0.187. The van der Waals surface area contributed by atoms with E-state index in [1.165, 1.54) is 0 Å². The molecule has 84 valence electrons. The van der Waals surface area contributed by atoms with Gasteiger partial charge in [-0.05, 0) is 24.1 Å². The molecule has 1 atom stereocenters. The van der Waals surface area contributed by atoms with E-state index < -0.39 is 18.7 Å². The summed E-state index contributed by atoms with van der Waals surface area (Å²) in [6.45, 7) is -0.875. The van der Waals surface area contributed by atoms with Crippen molar-refractivity contribution in [3.05, 3.63) is 34.3 Å². The van der Waals surface area contributed by atoms with Gasteiger partial charge < -0.3 is 5.11 Å². The fourth-order valence-corrected chi connectivity index (χ4v) is 1.45. The van der Waals surface area contributed by atoms with Crippen LogP contribution in [0.4, 0.5) is 13.2 Å². The summed E-state index contributed by atoms with van der Waals surface area (Å²) in [7, 11) is 0. The molecule has 1 nitrogen and oxygen atoms in total. The van der Waals surface area contributed by atoms with Crippen molar-refractivity contribution in [2.75, 3.05) is 6.61 Å². The van der Waals surface area contributed by atoms with Gasteiger partial charge in [-0.1, -0.05) is 28.1 Å². The van der Waals surface area contributed by atoms with Gasteiger partial charge in [0.1, 0.15) is 0 Å². The van der Waals surface area contributed by atoms with Crippen LogP contribution < -0.4 is 0 Å². The maximum Gasteiger partial charge on any atom is 0.394 e. The minimum Gasteiger partial charge on any atom is -0.396 e. The molecule has 0 radical (unpaired) electrons. The van der Waals surface area contributed by atoms with Gasteiger partial charge in [-0.25, -0.2) is 0 Å². The molecule has 0 aliphatic heterocycles. The smallest absolute Gasteiger partial charge is 0.394 e. The molecule has 0 bridgehead atoms. The average Bonchev–Trinajstić information content (AvgIpc) is 2.15. The van der Waals surface area contributed by atoms with Gasteiger partial charge in [0.15, 0.2) is 0 Å². The van der Waals surface area contributed by atoms with Gasteiger partial charge in [0.25, 0.3) is 0 Å². The largest absolute Gasteiger partial charge is 0.396 e. The van der Waals surface area contributed by atoms with E-state index >= 15 is 0 Å². The van der Waals surface area contributed by atoms with E-state index in [9.17, 15) is 13.2 Å². The predicted octanol–water partition coefficient (Wildman–Crippen LogP) is 3.16. The van der Waals surface area contributed by atoms with Crippen LogP contribution in [0.5, 0.6) is 0 Å². The summed E-state index contributed by atoms with van der Waals surface area (Å²) in [5.74, 6) is -1.68. The second-order valence-corrected chi connectivity index (χ2v) is 4.17. The second kappa shape index (κ2) is 4.99. The lowest BCUT2D eigenvalue weighted by Gasteiger charge is -2.17. The van der Waals surface area contributed by atoms with E-state index in [0.717, 1.165) is 4.47 Å².